The molecule has 1 amide bonds. The molecule has 0 aliphatic carbocycles. The van der Waals surface area contributed by atoms with Crippen LogP contribution in [0.15, 0.2) is 18.3 Å². The van der Waals surface area contributed by atoms with Crippen molar-refractivity contribution in [2.45, 2.75) is 31.8 Å². The number of aromatic nitrogens is 1. The molecule has 1 atom stereocenters. The van der Waals surface area contributed by atoms with Crippen LogP contribution in [0.3, 0.4) is 0 Å². The van der Waals surface area contributed by atoms with E-state index in [1.807, 2.05) is 31.1 Å². The lowest BCUT2D eigenvalue weighted by Gasteiger charge is -2.16. The standard InChI is InChI=1S/C14H22N4O/c1-18(2)14-11(5-3-8-16-14)10-17-13(19)9-12-6-4-7-15-12/h3,5,8,12,15H,4,6-7,9-10H2,1-2H3,(H,17,19). The minimum absolute atomic E-state index is 0.105. The lowest BCUT2D eigenvalue weighted by atomic mass is 10.1. The topological polar surface area (TPSA) is 57.3 Å². The molecule has 1 saturated heterocycles. The Labute approximate surface area is 114 Å². The van der Waals surface area contributed by atoms with E-state index < -0.39 is 0 Å². The summed E-state index contributed by atoms with van der Waals surface area (Å²) >= 11 is 0. The van der Waals surface area contributed by atoms with Gasteiger partial charge in [-0.3, -0.25) is 4.79 Å². The molecule has 1 fully saturated rings. The van der Waals surface area contributed by atoms with Crippen LogP contribution in [0.2, 0.25) is 0 Å². The van der Waals surface area contributed by atoms with Gasteiger partial charge in [-0.1, -0.05) is 6.07 Å². The molecule has 1 aliphatic heterocycles. The van der Waals surface area contributed by atoms with Crippen LogP contribution < -0.4 is 15.5 Å². The van der Waals surface area contributed by atoms with Crippen molar-refractivity contribution in [3.05, 3.63) is 23.9 Å². The molecule has 104 valence electrons. The summed E-state index contributed by atoms with van der Waals surface area (Å²) in [5.74, 6) is 1.01. The smallest absolute Gasteiger partial charge is 0.221 e. The molecular formula is C14H22N4O. The molecule has 5 heteroatoms. The molecule has 1 aliphatic rings. The number of rotatable bonds is 5. The van der Waals surface area contributed by atoms with E-state index in [0.717, 1.165) is 24.3 Å². The van der Waals surface area contributed by atoms with Gasteiger partial charge in [0.1, 0.15) is 5.82 Å². The Balaban J connectivity index is 1.86. The minimum atomic E-state index is 0.105. The van der Waals surface area contributed by atoms with E-state index in [0.29, 0.717) is 19.0 Å². The number of amides is 1. The maximum absolute atomic E-state index is 11.9. The largest absolute Gasteiger partial charge is 0.362 e. The van der Waals surface area contributed by atoms with Crippen molar-refractivity contribution in [1.82, 2.24) is 15.6 Å². The van der Waals surface area contributed by atoms with Crippen molar-refractivity contribution in [3.63, 3.8) is 0 Å². The Morgan fingerprint density at radius 1 is 1.58 bits per heavy atom. The van der Waals surface area contributed by atoms with Crippen LogP contribution in [0.1, 0.15) is 24.8 Å². The number of carbonyl (C=O) groups excluding carboxylic acids is 1. The average Bonchev–Trinajstić information content (AvgIpc) is 2.89. The SMILES string of the molecule is CN(C)c1ncccc1CNC(=O)CC1CCCN1. The Bertz CT molecular complexity index is 427. The highest BCUT2D eigenvalue weighted by Gasteiger charge is 2.17. The molecule has 0 bridgehead atoms. The van der Waals surface area contributed by atoms with Gasteiger partial charge in [0.05, 0.1) is 0 Å². The fourth-order valence-electron chi connectivity index (χ4n) is 2.39. The predicted molar refractivity (Wildman–Crippen MR) is 76.1 cm³/mol. The van der Waals surface area contributed by atoms with Crippen molar-refractivity contribution in [2.75, 3.05) is 25.5 Å². The average molecular weight is 262 g/mol. The van der Waals surface area contributed by atoms with E-state index in [4.69, 9.17) is 0 Å². The van der Waals surface area contributed by atoms with Crippen LogP contribution in [0.5, 0.6) is 0 Å². The van der Waals surface area contributed by atoms with Gasteiger partial charge in [0, 0.05) is 44.9 Å². The van der Waals surface area contributed by atoms with Crippen molar-refractivity contribution in [2.24, 2.45) is 0 Å². The molecule has 19 heavy (non-hydrogen) atoms. The second-order valence-corrected chi connectivity index (χ2v) is 5.15. The van der Waals surface area contributed by atoms with Gasteiger partial charge in [-0.05, 0) is 25.5 Å². The summed E-state index contributed by atoms with van der Waals surface area (Å²) < 4.78 is 0. The molecule has 2 N–H and O–H groups in total. The number of nitrogens with zero attached hydrogens (tertiary/aromatic N) is 2. The molecule has 1 unspecified atom stereocenters. The van der Waals surface area contributed by atoms with Crippen LogP contribution >= 0.6 is 0 Å². The molecule has 2 heterocycles. The fourth-order valence-corrected chi connectivity index (χ4v) is 2.39. The lowest BCUT2D eigenvalue weighted by Crippen LogP contribution is -2.31. The van der Waals surface area contributed by atoms with Gasteiger partial charge in [-0.15, -0.1) is 0 Å². The highest BCUT2D eigenvalue weighted by atomic mass is 16.1. The molecule has 2 rings (SSSR count). The second-order valence-electron chi connectivity index (χ2n) is 5.15. The zero-order chi connectivity index (χ0) is 13.7. The van der Waals surface area contributed by atoms with Crippen molar-refractivity contribution < 1.29 is 4.79 Å². The zero-order valence-corrected chi connectivity index (χ0v) is 11.6. The van der Waals surface area contributed by atoms with Gasteiger partial charge in [0.2, 0.25) is 5.91 Å². The van der Waals surface area contributed by atoms with Crippen molar-refractivity contribution >= 4 is 11.7 Å². The van der Waals surface area contributed by atoms with E-state index in [9.17, 15) is 4.79 Å². The summed E-state index contributed by atoms with van der Waals surface area (Å²) in [5, 5.41) is 6.31. The van der Waals surface area contributed by atoms with Gasteiger partial charge >= 0.3 is 0 Å². The van der Waals surface area contributed by atoms with Gasteiger partial charge < -0.3 is 15.5 Å². The summed E-state index contributed by atoms with van der Waals surface area (Å²) in [6.45, 7) is 1.57. The van der Waals surface area contributed by atoms with E-state index in [2.05, 4.69) is 15.6 Å². The second kappa shape index (κ2) is 6.52. The fraction of sp³-hybridized carbons (Fsp3) is 0.571. The van der Waals surface area contributed by atoms with Crippen molar-refractivity contribution in [1.29, 1.82) is 0 Å². The monoisotopic (exact) mass is 262 g/mol. The first kappa shape index (κ1) is 13.8. The summed E-state index contributed by atoms with van der Waals surface area (Å²) in [6.07, 6.45) is 4.61. The molecule has 0 spiro atoms. The summed E-state index contributed by atoms with van der Waals surface area (Å²) in [4.78, 5) is 18.1. The summed E-state index contributed by atoms with van der Waals surface area (Å²) in [7, 11) is 3.91. The van der Waals surface area contributed by atoms with Gasteiger partial charge in [-0.25, -0.2) is 4.98 Å². The van der Waals surface area contributed by atoms with E-state index >= 15 is 0 Å². The first-order chi connectivity index (χ1) is 9.16. The minimum Gasteiger partial charge on any atom is -0.362 e. The number of nitrogens with one attached hydrogen (secondary N) is 2. The first-order valence-electron chi connectivity index (χ1n) is 6.78. The van der Waals surface area contributed by atoms with Gasteiger partial charge in [0.25, 0.3) is 0 Å². The van der Waals surface area contributed by atoms with Crippen LogP contribution in [-0.4, -0.2) is 37.6 Å². The van der Waals surface area contributed by atoms with Crippen molar-refractivity contribution in [3.8, 4) is 0 Å². The van der Waals surface area contributed by atoms with Crippen LogP contribution in [0, 0.1) is 0 Å². The lowest BCUT2D eigenvalue weighted by molar-refractivity contribution is -0.121. The number of hydrogen-bond donors (Lipinski definition) is 2. The molecule has 0 radical (unpaired) electrons. The van der Waals surface area contributed by atoms with Crippen LogP contribution in [0.4, 0.5) is 5.82 Å². The maximum Gasteiger partial charge on any atom is 0.221 e. The number of carbonyl (C=O) groups is 1. The van der Waals surface area contributed by atoms with Gasteiger partial charge in [-0.2, -0.15) is 0 Å². The Kier molecular flexibility index (Phi) is 4.74. The van der Waals surface area contributed by atoms with Gasteiger partial charge in [0.15, 0.2) is 0 Å². The Morgan fingerprint density at radius 3 is 3.11 bits per heavy atom. The number of anilines is 1. The molecular weight excluding hydrogens is 240 g/mol. The zero-order valence-electron chi connectivity index (χ0n) is 11.6. The quantitative estimate of drug-likeness (QED) is 0.828. The Hall–Kier alpha value is -1.62. The highest BCUT2D eigenvalue weighted by Crippen LogP contribution is 2.14. The summed E-state index contributed by atoms with van der Waals surface area (Å²) in [6, 6.07) is 4.24. The molecule has 1 aromatic heterocycles. The predicted octanol–water partition coefficient (Wildman–Crippen LogP) is 0.906. The number of hydrogen-bond acceptors (Lipinski definition) is 4. The third kappa shape index (κ3) is 3.92. The number of pyridine rings is 1. The highest BCUT2D eigenvalue weighted by molar-refractivity contribution is 5.76. The maximum atomic E-state index is 11.9. The third-order valence-corrected chi connectivity index (χ3v) is 3.36. The first-order valence-corrected chi connectivity index (χ1v) is 6.78. The molecule has 1 aromatic rings. The van der Waals surface area contributed by atoms with Crippen LogP contribution in [-0.2, 0) is 11.3 Å². The molecule has 0 saturated carbocycles. The third-order valence-electron chi connectivity index (χ3n) is 3.36. The molecule has 5 nitrogen and oxygen atoms in total. The van der Waals surface area contributed by atoms with E-state index in [-0.39, 0.29) is 5.91 Å². The van der Waals surface area contributed by atoms with E-state index in [1.165, 1.54) is 6.42 Å². The van der Waals surface area contributed by atoms with E-state index in [1.54, 1.807) is 6.20 Å². The normalized spacial score (nSPS) is 18.3. The molecule has 0 aromatic carbocycles. The Morgan fingerprint density at radius 2 is 2.42 bits per heavy atom. The van der Waals surface area contributed by atoms with Crippen LogP contribution in [0.25, 0.3) is 0 Å². The summed E-state index contributed by atoms with van der Waals surface area (Å²) in [5.41, 5.74) is 1.04.